The molecule has 1 amide bonds. The van der Waals surface area contributed by atoms with Gasteiger partial charge in [-0.05, 0) is 24.3 Å². The van der Waals surface area contributed by atoms with E-state index in [9.17, 15) is 9.90 Å². The number of aliphatic hydroxyl groups is 1. The van der Waals surface area contributed by atoms with Crippen molar-refractivity contribution in [1.82, 2.24) is 9.88 Å². The SMILES string of the molecule is CC(=O)NCCn1ccc2c1CC(C)(C)CC2O. The van der Waals surface area contributed by atoms with E-state index in [1.54, 1.807) is 0 Å². The van der Waals surface area contributed by atoms with Gasteiger partial charge >= 0.3 is 0 Å². The Morgan fingerprint density at radius 3 is 3.00 bits per heavy atom. The van der Waals surface area contributed by atoms with Gasteiger partial charge in [-0.15, -0.1) is 0 Å². The van der Waals surface area contributed by atoms with Gasteiger partial charge in [0.15, 0.2) is 0 Å². The third-order valence-electron chi connectivity index (χ3n) is 3.59. The molecular formula is C14H22N2O2. The number of hydrogen-bond acceptors (Lipinski definition) is 2. The summed E-state index contributed by atoms with van der Waals surface area (Å²) in [4.78, 5) is 10.9. The third kappa shape index (κ3) is 2.75. The van der Waals surface area contributed by atoms with E-state index >= 15 is 0 Å². The van der Waals surface area contributed by atoms with Gasteiger partial charge in [0.1, 0.15) is 0 Å². The molecule has 0 saturated carbocycles. The van der Waals surface area contributed by atoms with Gasteiger partial charge in [0.05, 0.1) is 6.10 Å². The Morgan fingerprint density at radius 2 is 2.33 bits per heavy atom. The molecule has 0 aromatic carbocycles. The molecule has 0 saturated heterocycles. The molecule has 0 aliphatic heterocycles. The van der Waals surface area contributed by atoms with Crippen LogP contribution in [0.3, 0.4) is 0 Å². The molecule has 1 aliphatic rings. The van der Waals surface area contributed by atoms with E-state index in [1.165, 1.54) is 12.6 Å². The van der Waals surface area contributed by atoms with Crippen LogP contribution in [0.15, 0.2) is 12.3 Å². The van der Waals surface area contributed by atoms with Gasteiger partial charge in [-0.2, -0.15) is 0 Å². The predicted molar refractivity (Wildman–Crippen MR) is 70.2 cm³/mol. The summed E-state index contributed by atoms with van der Waals surface area (Å²) in [5.74, 6) is -0.00334. The summed E-state index contributed by atoms with van der Waals surface area (Å²) in [6.07, 6.45) is 3.45. The highest BCUT2D eigenvalue weighted by atomic mass is 16.3. The highest BCUT2D eigenvalue weighted by molar-refractivity contribution is 5.72. The zero-order valence-corrected chi connectivity index (χ0v) is 11.4. The van der Waals surface area contributed by atoms with Gasteiger partial charge in [0.25, 0.3) is 0 Å². The van der Waals surface area contributed by atoms with Crippen molar-refractivity contribution >= 4 is 5.91 Å². The highest BCUT2D eigenvalue weighted by Crippen LogP contribution is 2.40. The molecule has 1 unspecified atom stereocenters. The van der Waals surface area contributed by atoms with E-state index < -0.39 is 0 Å². The molecule has 1 aliphatic carbocycles. The molecule has 1 heterocycles. The molecule has 0 radical (unpaired) electrons. The molecule has 18 heavy (non-hydrogen) atoms. The van der Waals surface area contributed by atoms with Crippen LogP contribution in [0.1, 0.15) is 44.6 Å². The van der Waals surface area contributed by atoms with E-state index in [-0.39, 0.29) is 17.4 Å². The van der Waals surface area contributed by atoms with E-state index in [0.29, 0.717) is 6.54 Å². The summed E-state index contributed by atoms with van der Waals surface area (Å²) < 4.78 is 2.15. The second kappa shape index (κ2) is 4.76. The van der Waals surface area contributed by atoms with Crippen molar-refractivity contribution in [1.29, 1.82) is 0 Å². The molecule has 4 nitrogen and oxygen atoms in total. The second-order valence-corrected chi connectivity index (χ2v) is 5.96. The van der Waals surface area contributed by atoms with Crippen LogP contribution < -0.4 is 5.32 Å². The minimum atomic E-state index is -0.356. The Bertz CT molecular complexity index is 449. The summed E-state index contributed by atoms with van der Waals surface area (Å²) in [6.45, 7) is 7.29. The monoisotopic (exact) mass is 250 g/mol. The number of aliphatic hydroxyl groups excluding tert-OH is 1. The fourth-order valence-corrected chi connectivity index (χ4v) is 2.75. The van der Waals surface area contributed by atoms with E-state index in [0.717, 1.165) is 24.9 Å². The molecule has 1 atom stereocenters. The molecule has 0 fully saturated rings. The highest BCUT2D eigenvalue weighted by Gasteiger charge is 2.32. The Hall–Kier alpha value is -1.29. The van der Waals surface area contributed by atoms with Gasteiger partial charge in [-0.25, -0.2) is 0 Å². The van der Waals surface area contributed by atoms with Gasteiger partial charge < -0.3 is 15.0 Å². The van der Waals surface area contributed by atoms with Crippen LogP contribution in [0, 0.1) is 5.41 Å². The van der Waals surface area contributed by atoms with Crippen LogP contribution in [0.2, 0.25) is 0 Å². The minimum Gasteiger partial charge on any atom is -0.388 e. The summed E-state index contributed by atoms with van der Waals surface area (Å²) in [6, 6.07) is 2.00. The minimum absolute atomic E-state index is 0.00334. The van der Waals surface area contributed by atoms with Crippen molar-refractivity contribution < 1.29 is 9.90 Å². The Labute approximate surface area is 108 Å². The molecular weight excluding hydrogens is 228 g/mol. The number of fused-ring (bicyclic) bond motifs is 1. The van der Waals surface area contributed by atoms with E-state index in [1.807, 2.05) is 12.3 Å². The maximum atomic E-state index is 10.9. The third-order valence-corrected chi connectivity index (χ3v) is 3.59. The molecule has 100 valence electrons. The van der Waals surface area contributed by atoms with Gasteiger partial charge in [0.2, 0.25) is 5.91 Å². The van der Waals surface area contributed by atoms with Crippen LogP contribution >= 0.6 is 0 Å². The summed E-state index contributed by atoms with van der Waals surface area (Å²) in [7, 11) is 0. The van der Waals surface area contributed by atoms with Gasteiger partial charge in [-0.3, -0.25) is 4.79 Å². The second-order valence-electron chi connectivity index (χ2n) is 5.96. The largest absolute Gasteiger partial charge is 0.388 e. The molecule has 2 N–H and O–H groups in total. The normalized spacial score (nSPS) is 21.4. The van der Waals surface area contributed by atoms with E-state index in [4.69, 9.17) is 0 Å². The lowest BCUT2D eigenvalue weighted by Gasteiger charge is -2.34. The number of hydrogen-bond donors (Lipinski definition) is 2. The fourth-order valence-electron chi connectivity index (χ4n) is 2.75. The van der Waals surface area contributed by atoms with Crippen molar-refractivity contribution in [3.8, 4) is 0 Å². The van der Waals surface area contributed by atoms with Crippen molar-refractivity contribution in [3.63, 3.8) is 0 Å². The number of nitrogens with zero attached hydrogens (tertiary/aromatic N) is 1. The molecule has 0 spiro atoms. The number of carbonyl (C=O) groups is 1. The standard InChI is InChI=1S/C14H22N2O2/c1-10(17)15-5-7-16-6-4-11-12(16)8-14(2,3)9-13(11)18/h4,6,13,18H,5,7-9H2,1-3H3,(H,15,17). The quantitative estimate of drug-likeness (QED) is 0.856. The molecule has 1 aromatic rings. The van der Waals surface area contributed by atoms with Gasteiger partial charge in [0, 0.05) is 37.5 Å². The lowest BCUT2D eigenvalue weighted by Crippen LogP contribution is -2.29. The molecule has 4 heteroatoms. The summed E-state index contributed by atoms with van der Waals surface area (Å²) >= 11 is 0. The molecule has 2 rings (SSSR count). The van der Waals surface area contributed by atoms with E-state index in [2.05, 4.69) is 23.7 Å². The fraction of sp³-hybridized carbons (Fsp3) is 0.643. The topological polar surface area (TPSA) is 54.3 Å². The van der Waals surface area contributed by atoms with Crippen molar-refractivity contribution in [2.75, 3.05) is 6.54 Å². The van der Waals surface area contributed by atoms with Crippen molar-refractivity contribution in [3.05, 3.63) is 23.5 Å². The number of amides is 1. The first kappa shape index (κ1) is 13.1. The van der Waals surface area contributed by atoms with Crippen molar-refractivity contribution in [2.45, 2.75) is 46.3 Å². The number of aromatic nitrogens is 1. The zero-order chi connectivity index (χ0) is 13.3. The average molecular weight is 250 g/mol. The number of rotatable bonds is 3. The lowest BCUT2D eigenvalue weighted by molar-refractivity contribution is -0.118. The maximum absolute atomic E-state index is 10.9. The summed E-state index contributed by atoms with van der Waals surface area (Å²) in [5.41, 5.74) is 2.40. The smallest absolute Gasteiger partial charge is 0.216 e. The maximum Gasteiger partial charge on any atom is 0.216 e. The van der Waals surface area contributed by atoms with Crippen LogP contribution in [-0.2, 0) is 17.8 Å². The average Bonchev–Trinajstić information content (AvgIpc) is 2.59. The lowest BCUT2D eigenvalue weighted by atomic mass is 9.75. The first-order chi connectivity index (χ1) is 8.39. The Morgan fingerprint density at radius 1 is 1.61 bits per heavy atom. The van der Waals surface area contributed by atoms with Crippen LogP contribution in [0.5, 0.6) is 0 Å². The van der Waals surface area contributed by atoms with Gasteiger partial charge in [-0.1, -0.05) is 13.8 Å². The molecule has 0 bridgehead atoms. The Kier molecular flexibility index (Phi) is 3.48. The Balaban J connectivity index is 2.12. The molecule has 1 aromatic heterocycles. The predicted octanol–water partition coefficient (Wildman–Crippen LogP) is 1.63. The zero-order valence-electron chi connectivity index (χ0n) is 11.4. The van der Waals surface area contributed by atoms with Crippen molar-refractivity contribution in [2.24, 2.45) is 5.41 Å². The first-order valence-electron chi connectivity index (χ1n) is 6.49. The van der Waals surface area contributed by atoms with Crippen LogP contribution in [0.25, 0.3) is 0 Å². The number of carbonyl (C=O) groups excluding carboxylic acids is 1. The van der Waals surface area contributed by atoms with Crippen LogP contribution in [0.4, 0.5) is 0 Å². The first-order valence-corrected chi connectivity index (χ1v) is 6.49. The van der Waals surface area contributed by atoms with Crippen LogP contribution in [-0.4, -0.2) is 22.1 Å². The summed E-state index contributed by atoms with van der Waals surface area (Å²) in [5, 5.41) is 12.9. The number of nitrogens with one attached hydrogen (secondary N) is 1.